The van der Waals surface area contributed by atoms with Crippen LogP contribution in [0.3, 0.4) is 0 Å². The van der Waals surface area contributed by atoms with Crippen LogP contribution in [0.25, 0.3) is 0 Å². The fraction of sp³-hybridized carbons (Fsp3) is 0.528. The maximum Gasteiger partial charge on any atom is 0.307 e. The molecule has 0 saturated heterocycles. The standard InChI is InChI=1S/C36H49NO9/c1-23(2)28(34(42)43)21-30(38)29(18-24-14-16-27(17-15-24)45-35(3,4)5)37-33(41)26(20-32(40)46-36(6,7)8)19-31(39)44-22-25-12-10-9-11-13-25/h9-17,23,26,28-29H,18-22H2,1-8H3,(H,37,41)(H,42,43)/t26-,28+,29-/m0/s1. The lowest BCUT2D eigenvalue weighted by Gasteiger charge is -2.25. The lowest BCUT2D eigenvalue weighted by Crippen LogP contribution is -2.47. The summed E-state index contributed by atoms with van der Waals surface area (Å²) in [6, 6.07) is 14.9. The first-order valence-electron chi connectivity index (χ1n) is 15.6. The highest BCUT2D eigenvalue weighted by molar-refractivity contribution is 5.94. The summed E-state index contributed by atoms with van der Waals surface area (Å²) in [6.45, 7) is 14.2. The van der Waals surface area contributed by atoms with Gasteiger partial charge in [-0.2, -0.15) is 0 Å². The van der Waals surface area contributed by atoms with Gasteiger partial charge in [0, 0.05) is 6.42 Å². The Morgan fingerprint density at radius 3 is 1.87 bits per heavy atom. The molecule has 1 amide bonds. The monoisotopic (exact) mass is 639 g/mol. The van der Waals surface area contributed by atoms with E-state index in [1.807, 2.05) is 26.8 Å². The molecule has 0 fully saturated rings. The fourth-order valence-electron chi connectivity index (χ4n) is 4.63. The van der Waals surface area contributed by atoms with Crippen LogP contribution in [0.5, 0.6) is 5.75 Å². The van der Waals surface area contributed by atoms with Gasteiger partial charge >= 0.3 is 17.9 Å². The van der Waals surface area contributed by atoms with E-state index < -0.39 is 71.5 Å². The van der Waals surface area contributed by atoms with Gasteiger partial charge in [0.05, 0.1) is 30.7 Å². The normalized spacial score (nSPS) is 13.7. The average molecular weight is 640 g/mol. The van der Waals surface area contributed by atoms with Crippen molar-refractivity contribution in [3.05, 3.63) is 65.7 Å². The van der Waals surface area contributed by atoms with E-state index in [0.717, 1.165) is 5.56 Å². The average Bonchev–Trinajstić information content (AvgIpc) is 2.93. The quantitative estimate of drug-likeness (QED) is 0.221. The molecule has 10 nitrogen and oxygen atoms in total. The number of nitrogens with one attached hydrogen (secondary N) is 1. The molecule has 2 rings (SSSR count). The summed E-state index contributed by atoms with van der Waals surface area (Å²) in [7, 11) is 0. The second-order valence-electron chi connectivity index (χ2n) is 13.8. The van der Waals surface area contributed by atoms with E-state index in [1.165, 1.54) is 0 Å². The smallest absolute Gasteiger partial charge is 0.307 e. The molecule has 46 heavy (non-hydrogen) atoms. The molecule has 0 unspecified atom stereocenters. The highest BCUT2D eigenvalue weighted by Crippen LogP contribution is 2.22. The van der Waals surface area contributed by atoms with Gasteiger partial charge in [0.1, 0.15) is 23.6 Å². The zero-order chi connectivity index (χ0) is 34.7. The van der Waals surface area contributed by atoms with Crippen LogP contribution in [0, 0.1) is 17.8 Å². The van der Waals surface area contributed by atoms with E-state index in [0.29, 0.717) is 11.3 Å². The molecule has 0 spiro atoms. The second-order valence-corrected chi connectivity index (χ2v) is 13.8. The van der Waals surface area contributed by atoms with Crippen molar-refractivity contribution >= 4 is 29.6 Å². The first kappa shape index (κ1) is 38.0. The van der Waals surface area contributed by atoms with Crippen LogP contribution in [0.1, 0.15) is 85.8 Å². The lowest BCUT2D eigenvalue weighted by molar-refractivity contribution is -0.158. The minimum absolute atomic E-state index is 0.0116. The number of amides is 1. The number of Topliss-reactive ketones (excluding diaryl/α,β-unsaturated/α-hetero) is 1. The van der Waals surface area contributed by atoms with E-state index in [4.69, 9.17) is 14.2 Å². The number of carboxylic acids is 1. The molecule has 10 heteroatoms. The van der Waals surface area contributed by atoms with Crippen molar-refractivity contribution in [1.82, 2.24) is 5.32 Å². The highest BCUT2D eigenvalue weighted by atomic mass is 16.6. The third-order valence-electron chi connectivity index (χ3n) is 6.89. The summed E-state index contributed by atoms with van der Waals surface area (Å²) < 4.78 is 16.7. The number of benzene rings is 2. The molecule has 2 aromatic carbocycles. The van der Waals surface area contributed by atoms with Gasteiger partial charge in [0.15, 0.2) is 5.78 Å². The molecule has 0 aliphatic carbocycles. The number of hydrogen-bond donors (Lipinski definition) is 2. The molecule has 0 bridgehead atoms. The van der Waals surface area contributed by atoms with Crippen LogP contribution in [0.15, 0.2) is 54.6 Å². The molecule has 0 radical (unpaired) electrons. The molecule has 0 aromatic heterocycles. The Labute approximate surface area is 272 Å². The lowest BCUT2D eigenvalue weighted by atomic mass is 9.87. The second kappa shape index (κ2) is 16.9. The van der Waals surface area contributed by atoms with Gasteiger partial charge in [-0.15, -0.1) is 0 Å². The van der Waals surface area contributed by atoms with Crippen LogP contribution in [-0.2, 0) is 46.5 Å². The molecule has 0 aliphatic heterocycles. The molecule has 3 atom stereocenters. The highest BCUT2D eigenvalue weighted by Gasteiger charge is 2.33. The van der Waals surface area contributed by atoms with Crippen molar-refractivity contribution in [1.29, 1.82) is 0 Å². The summed E-state index contributed by atoms with van der Waals surface area (Å²) in [5.74, 6) is -5.55. The fourth-order valence-corrected chi connectivity index (χ4v) is 4.63. The van der Waals surface area contributed by atoms with E-state index in [-0.39, 0.29) is 25.4 Å². The number of rotatable bonds is 16. The Bertz CT molecular complexity index is 1320. The number of ketones is 1. The van der Waals surface area contributed by atoms with Crippen molar-refractivity contribution in [3.8, 4) is 5.75 Å². The van der Waals surface area contributed by atoms with Gasteiger partial charge in [-0.05, 0) is 77.1 Å². The minimum Gasteiger partial charge on any atom is -0.488 e. The largest absolute Gasteiger partial charge is 0.488 e. The number of carbonyl (C=O) groups is 5. The molecule has 2 N–H and O–H groups in total. The number of carbonyl (C=O) groups excluding carboxylic acids is 4. The zero-order valence-corrected chi connectivity index (χ0v) is 28.3. The predicted molar refractivity (Wildman–Crippen MR) is 173 cm³/mol. The molecule has 0 saturated carbocycles. The topological polar surface area (TPSA) is 145 Å². The van der Waals surface area contributed by atoms with E-state index in [9.17, 15) is 29.1 Å². The van der Waals surface area contributed by atoms with Crippen LogP contribution >= 0.6 is 0 Å². The van der Waals surface area contributed by atoms with Crippen molar-refractivity contribution in [3.63, 3.8) is 0 Å². The summed E-state index contributed by atoms with van der Waals surface area (Å²) in [6.07, 6.45) is -1.10. The maximum absolute atomic E-state index is 13.7. The van der Waals surface area contributed by atoms with Gasteiger partial charge in [-0.3, -0.25) is 24.0 Å². The third kappa shape index (κ3) is 14.3. The predicted octanol–water partition coefficient (Wildman–Crippen LogP) is 5.69. The number of esters is 2. The SMILES string of the molecule is CC(C)[C@@H](CC(=O)[C@H](Cc1ccc(OC(C)(C)C)cc1)NC(=O)[C@@H](CC(=O)OCc1ccccc1)CC(=O)OC(C)(C)C)C(=O)O. The summed E-state index contributed by atoms with van der Waals surface area (Å²) in [5.41, 5.74) is 0.215. The Balaban J connectivity index is 2.32. The Morgan fingerprint density at radius 2 is 1.35 bits per heavy atom. The molecular formula is C36H49NO9. The summed E-state index contributed by atoms with van der Waals surface area (Å²) in [4.78, 5) is 64.8. The van der Waals surface area contributed by atoms with E-state index in [1.54, 1.807) is 83.1 Å². The van der Waals surface area contributed by atoms with Crippen LogP contribution in [-0.4, -0.2) is 51.9 Å². The van der Waals surface area contributed by atoms with Gasteiger partial charge in [-0.1, -0.05) is 56.3 Å². The van der Waals surface area contributed by atoms with Crippen molar-refractivity contribution in [2.24, 2.45) is 17.8 Å². The van der Waals surface area contributed by atoms with E-state index in [2.05, 4.69) is 5.32 Å². The number of aliphatic carboxylic acids is 1. The van der Waals surface area contributed by atoms with Crippen LogP contribution in [0.4, 0.5) is 0 Å². The number of hydrogen-bond acceptors (Lipinski definition) is 8. The van der Waals surface area contributed by atoms with Gasteiger partial charge < -0.3 is 24.6 Å². The van der Waals surface area contributed by atoms with Crippen LogP contribution in [0.2, 0.25) is 0 Å². The van der Waals surface area contributed by atoms with Gasteiger partial charge in [0.25, 0.3) is 0 Å². The Kier molecular flexibility index (Phi) is 14.0. The molecule has 2 aromatic rings. The molecular weight excluding hydrogens is 590 g/mol. The minimum atomic E-state index is -1.20. The van der Waals surface area contributed by atoms with Gasteiger partial charge in [0.2, 0.25) is 5.91 Å². The Morgan fingerprint density at radius 1 is 0.761 bits per heavy atom. The summed E-state index contributed by atoms with van der Waals surface area (Å²) in [5, 5.41) is 12.4. The Hall–Kier alpha value is -4.21. The molecule has 252 valence electrons. The van der Waals surface area contributed by atoms with Crippen molar-refractivity contribution in [2.45, 2.75) is 105 Å². The number of ether oxygens (including phenoxy) is 3. The third-order valence-corrected chi connectivity index (χ3v) is 6.89. The van der Waals surface area contributed by atoms with Crippen molar-refractivity contribution in [2.75, 3.05) is 0 Å². The van der Waals surface area contributed by atoms with Gasteiger partial charge in [-0.25, -0.2) is 0 Å². The molecule has 0 aliphatic rings. The first-order chi connectivity index (χ1) is 21.3. The number of carboxylic acid groups (broad SMARTS) is 1. The maximum atomic E-state index is 13.7. The zero-order valence-electron chi connectivity index (χ0n) is 28.3. The first-order valence-corrected chi connectivity index (χ1v) is 15.6. The van der Waals surface area contributed by atoms with Crippen LogP contribution < -0.4 is 10.1 Å². The molecule has 0 heterocycles. The van der Waals surface area contributed by atoms with E-state index >= 15 is 0 Å². The summed E-state index contributed by atoms with van der Waals surface area (Å²) >= 11 is 0. The van der Waals surface area contributed by atoms with Crippen molar-refractivity contribution < 1.29 is 43.3 Å².